The molecule has 2 aliphatic rings. The molecule has 0 fully saturated rings. The van der Waals surface area contributed by atoms with Gasteiger partial charge in [-0.2, -0.15) is 0 Å². The van der Waals surface area contributed by atoms with Crippen molar-refractivity contribution in [3.05, 3.63) is 76.1 Å². The second-order valence-corrected chi connectivity index (χ2v) is 8.08. The van der Waals surface area contributed by atoms with Crippen LogP contribution < -0.4 is 29.5 Å². The minimum absolute atomic E-state index is 0.239. The molecule has 0 radical (unpaired) electrons. The largest absolute Gasteiger partial charge is 0.497 e. The summed E-state index contributed by atoms with van der Waals surface area (Å²) in [5.41, 5.74) is 4.70. The number of benzene rings is 3. The van der Waals surface area contributed by atoms with Gasteiger partial charge in [0.05, 0.1) is 7.11 Å². The summed E-state index contributed by atoms with van der Waals surface area (Å²) in [6, 6.07) is 17.1. The van der Waals surface area contributed by atoms with Crippen LogP contribution in [0.15, 0.2) is 63.8 Å². The minimum Gasteiger partial charge on any atom is -0.497 e. The number of hydrogen-bond acceptors (Lipinski definition) is 7. The van der Waals surface area contributed by atoms with E-state index < -0.39 is 5.63 Å². The number of aryl methyl sites for hydroxylation is 1. The van der Waals surface area contributed by atoms with E-state index in [2.05, 4.69) is 11.0 Å². The summed E-state index contributed by atoms with van der Waals surface area (Å²) in [7, 11) is 1.63. The lowest BCUT2D eigenvalue weighted by molar-refractivity contribution is 0.174. The molecule has 0 bridgehead atoms. The average Bonchev–Trinajstić information content (AvgIpc) is 3.32. The van der Waals surface area contributed by atoms with Crippen molar-refractivity contribution < 1.29 is 23.4 Å². The van der Waals surface area contributed by atoms with Crippen molar-refractivity contribution in [3.8, 4) is 34.1 Å². The number of fused-ring (bicyclic) bond motifs is 3. The van der Waals surface area contributed by atoms with Gasteiger partial charge in [-0.25, -0.2) is 4.79 Å². The fourth-order valence-corrected chi connectivity index (χ4v) is 4.48. The zero-order valence-electron chi connectivity index (χ0n) is 18.2. The van der Waals surface area contributed by atoms with E-state index >= 15 is 0 Å². The van der Waals surface area contributed by atoms with Crippen LogP contribution in [0.2, 0.25) is 0 Å². The highest BCUT2D eigenvalue weighted by Gasteiger charge is 2.25. The molecule has 0 saturated heterocycles. The molecule has 0 amide bonds. The quantitative estimate of drug-likeness (QED) is 0.419. The molecule has 0 atom stereocenters. The van der Waals surface area contributed by atoms with Gasteiger partial charge in [-0.05, 0) is 48.4 Å². The number of ether oxygens (including phenoxy) is 4. The van der Waals surface area contributed by atoms with Crippen molar-refractivity contribution in [1.29, 1.82) is 0 Å². The zero-order valence-corrected chi connectivity index (χ0v) is 18.2. The Balaban J connectivity index is 1.45. The van der Waals surface area contributed by atoms with Gasteiger partial charge in [0.2, 0.25) is 6.79 Å². The van der Waals surface area contributed by atoms with Gasteiger partial charge in [-0.1, -0.05) is 12.1 Å². The van der Waals surface area contributed by atoms with Crippen molar-refractivity contribution in [2.75, 3.05) is 25.5 Å². The van der Waals surface area contributed by atoms with Crippen LogP contribution in [0.1, 0.15) is 11.1 Å². The van der Waals surface area contributed by atoms with Crippen LogP contribution in [0.5, 0.6) is 23.0 Å². The molecule has 0 unspecified atom stereocenters. The van der Waals surface area contributed by atoms with Gasteiger partial charge in [0.15, 0.2) is 18.2 Å². The molecule has 3 heterocycles. The second kappa shape index (κ2) is 7.48. The van der Waals surface area contributed by atoms with Crippen LogP contribution in [0, 0.1) is 6.92 Å². The lowest BCUT2D eigenvalue weighted by atomic mass is 9.96. The van der Waals surface area contributed by atoms with Crippen molar-refractivity contribution in [3.63, 3.8) is 0 Å². The van der Waals surface area contributed by atoms with E-state index in [1.807, 2.05) is 49.4 Å². The summed E-state index contributed by atoms with van der Waals surface area (Å²) in [6.45, 7) is 3.19. The molecule has 0 N–H and O–H groups in total. The smallest absolute Gasteiger partial charge is 0.336 e. The zero-order chi connectivity index (χ0) is 22.5. The van der Waals surface area contributed by atoms with E-state index in [0.29, 0.717) is 18.9 Å². The third kappa shape index (κ3) is 3.24. The van der Waals surface area contributed by atoms with Gasteiger partial charge in [-0.15, -0.1) is 0 Å². The molecule has 1 aromatic heterocycles. The van der Waals surface area contributed by atoms with E-state index in [-0.39, 0.29) is 6.79 Å². The molecule has 166 valence electrons. The van der Waals surface area contributed by atoms with Gasteiger partial charge in [0.25, 0.3) is 0 Å². The first kappa shape index (κ1) is 19.5. The summed E-state index contributed by atoms with van der Waals surface area (Å²) in [5.74, 6) is 3.00. The number of hydrogen-bond donors (Lipinski definition) is 0. The third-order valence-corrected chi connectivity index (χ3v) is 6.14. The molecule has 7 heteroatoms. The Kier molecular flexibility index (Phi) is 4.43. The first-order valence-electron chi connectivity index (χ1n) is 10.6. The fourth-order valence-electron chi connectivity index (χ4n) is 4.48. The van der Waals surface area contributed by atoms with E-state index in [0.717, 1.165) is 56.3 Å². The average molecular weight is 443 g/mol. The fraction of sp³-hybridized carbons (Fsp3) is 0.192. The predicted molar refractivity (Wildman–Crippen MR) is 123 cm³/mol. The molecular weight excluding hydrogens is 422 g/mol. The Morgan fingerprint density at radius 1 is 0.939 bits per heavy atom. The van der Waals surface area contributed by atoms with E-state index in [4.69, 9.17) is 23.4 Å². The lowest BCUT2D eigenvalue weighted by Crippen LogP contribution is -2.32. The highest BCUT2D eigenvalue weighted by Crippen LogP contribution is 2.41. The van der Waals surface area contributed by atoms with Crippen molar-refractivity contribution in [1.82, 2.24) is 0 Å². The van der Waals surface area contributed by atoms with Crippen LogP contribution in [0.4, 0.5) is 5.69 Å². The maximum absolute atomic E-state index is 12.4. The first-order chi connectivity index (χ1) is 16.1. The Hall–Kier alpha value is -4.13. The molecule has 6 rings (SSSR count). The van der Waals surface area contributed by atoms with Crippen molar-refractivity contribution in [2.24, 2.45) is 0 Å². The van der Waals surface area contributed by atoms with Crippen LogP contribution in [0.3, 0.4) is 0 Å². The van der Waals surface area contributed by atoms with Gasteiger partial charge < -0.3 is 28.3 Å². The van der Waals surface area contributed by atoms with Crippen LogP contribution in [0.25, 0.3) is 22.1 Å². The Bertz CT molecular complexity index is 1440. The maximum Gasteiger partial charge on any atom is 0.336 e. The summed E-state index contributed by atoms with van der Waals surface area (Å²) < 4.78 is 28.0. The number of nitrogens with zero attached hydrogens (tertiary/aromatic N) is 1. The van der Waals surface area contributed by atoms with Gasteiger partial charge in [-0.3, -0.25) is 0 Å². The predicted octanol–water partition coefficient (Wildman–Crippen LogP) is 4.86. The van der Waals surface area contributed by atoms with E-state index in [9.17, 15) is 4.79 Å². The Labute approximate surface area is 189 Å². The van der Waals surface area contributed by atoms with Crippen LogP contribution in [-0.4, -0.2) is 20.6 Å². The van der Waals surface area contributed by atoms with Crippen LogP contribution in [-0.2, 0) is 6.54 Å². The van der Waals surface area contributed by atoms with Crippen molar-refractivity contribution >= 4 is 16.7 Å². The standard InChI is InChI=1S/C26H21NO6/c1-15-25-17(12-27(13-30-25)18-5-8-22-23(10-18)32-14-31-22)9-21-20(11-24(28)33-26(15)21)16-3-6-19(29-2)7-4-16/h3-11H,12-14H2,1-2H3. The Morgan fingerprint density at radius 2 is 1.76 bits per heavy atom. The summed E-state index contributed by atoms with van der Waals surface area (Å²) in [5, 5.41) is 0.868. The molecule has 7 nitrogen and oxygen atoms in total. The molecular formula is C26H21NO6. The summed E-state index contributed by atoms with van der Waals surface area (Å²) in [6.07, 6.45) is 0. The first-order valence-corrected chi connectivity index (χ1v) is 10.6. The number of methoxy groups -OCH3 is 1. The normalized spacial score (nSPS) is 14.2. The summed E-state index contributed by atoms with van der Waals surface area (Å²) in [4.78, 5) is 14.5. The number of anilines is 1. The van der Waals surface area contributed by atoms with E-state index in [1.54, 1.807) is 7.11 Å². The molecule has 0 aliphatic carbocycles. The van der Waals surface area contributed by atoms with Crippen molar-refractivity contribution in [2.45, 2.75) is 13.5 Å². The maximum atomic E-state index is 12.4. The second-order valence-electron chi connectivity index (χ2n) is 8.08. The lowest BCUT2D eigenvalue weighted by Gasteiger charge is -2.32. The monoisotopic (exact) mass is 443 g/mol. The number of rotatable bonds is 3. The molecule has 0 spiro atoms. The van der Waals surface area contributed by atoms with Gasteiger partial charge >= 0.3 is 5.63 Å². The molecule has 33 heavy (non-hydrogen) atoms. The van der Waals surface area contributed by atoms with Crippen LogP contribution >= 0.6 is 0 Å². The highest BCUT2D eigenvalue weighted by atomic mass is 16.7. The summed E-state index contributed by atoms with van der Waals surface area (Å²) >= 11 is 0. The van der Waals surface area contributed by atoms with Gasteiger partial charge in [0.1, 0.15) is 17.1 Å². The minimum atomic E-state index is -0.394. The molecule has 4 aromatic rings. The third-order valence-electron chi connectivity index (χ3n) is 6.14. The van der Waals surface area contributed by atoms with Gasteiger partial charge in [0, 0.05) is 40.9 Å². The Morgan fingerprint density at radius 3 is 2.58 bits per heavy atom. The highest BCUT2D eigenvalue weighted by molar-refractivity contribution is 5.96. The molecule has 0 saturated carbocycles. The topological polar surface area (TPSA) is 70.4 Å². The van der Waals surface area contributed by atoms with E-state index in [1.165, 1.54) is 6.07 Å². The molecule has 3 aromatic carbocycles. The molecule has 2 aliphatic heterocycles. The SMILES string of the molecule is COc1ccc(-c2cc(=O)oc3c(C)c4c(cc23)CN(c2ccc3c(c2)OCO3)CO4)cc1.